The Kier molecular flexibility index (Phi) is 14.1. The van der Waals surface area contributed by atoms with Crippen molar-refractivity contribution in [3.8, 4) is 0 Å². The monoisotopic (exact) mass is 439 g/mol. The minimum absolute atomic E-state index is 0. The van der Waals surface area contributed by atoms with Crippen LogP contribution in [0.3, 0.4) is 0 Å². The van der Waals surface area contributed by atoms with E-state index in [1.807, 2.05) is 0 Å². The Morgan fingerprint density at radius 3 is 2.48 bits per heavy atom. The van der Waals surface area contributed by atoms with E-state index in [2.05, 4.69) is 15.6 Å². The van der Waals surface area contributed by atoms with E-state index in [0.29, 0.717) is 19.8 Å². The maximum absolute atomic E-state index is 12.8. The lowest BCUT2D eigenvalue weighted by Gasteiger charge is -2.12. The maximum atomic E-state index is 12.8. The Hall–Kier alpha value is -0.930. The average Bonchev–Trinajstić information content (AvgIpc) is 2.54. The van der Waals surface area contributed by atoms with Crippen LogP contribution < -0.4 is 10.6 Å². The third kappa shape index (κ3) is 11.3. The number of benzene rings is 1. The molecule has 0 fully saturated rings. The van der Waals surface area contributed by atoms with Gasteiger partial charge < -0.3 is 20.1 Å². The molecule has 0 heterocycles. The summed E-state index contributed by atoms with van der Waals surface area (Å²) in [7, 11) is 3.39. The van der Waals surface area contributed by atoms with Gasteiger partial charge in [0, 0.05) is 33.9 Å². The largest absolute Gasteiger partial charge is 0.382 e. The molecule has 7 heteroatoms. The summed E-state index contributed by atoms with van der Waals surface area (Å²) in [6.45, 7) is 3.46. The zero-order valence-corrected chi connectivity index (χ0v) is 16.1. The molecule has 0 aliphatic heterocycles. The van der Waals surface area contributed by atoms with Crippen molar-refractivity contribution in [2.45, 2.75) is 19.4 Å². The molecular weight excluding hydrogens is 412 g/mol. The third-order valence-electron chi connectivity index (χ3n) is 3.04. The lowest BCUT2D eigenvalue weighted by Crippen LogP contribution is -2.37. The highest BCUT2D eigenvalue weighted by Crippen LogP contribution is 2.01. The molecule has 0 atom stereocenters. The van der Waals surface area contributed by atoms with Crippen LogP contribution in [-0.4, -0.2) is 46.5 Å². The molecule has 23 heavy (non-hydrogen) atoms. The van der Waals surface area contributed by atoms with Gasteiger partial charge in [0.25, 0.3) is 0 Å². The average molecular weight is 439 g/mol. The Labute approximate surface area is 155 Å². The van der Waals surface area contributed by atoms with Gasteiger partial charge in [0.05, 0.1) is 13.2 Å². The Morgan fingerprint density at radius 1 is 1.09 bits per heavy atom. The quantitative estimate of drug-likeness (QED) is 0.255. The van der Waals surface area contributed by atoms with Gasteiger partial charge in [0.15, 0.2) is 5.96 Å². The normalized spacial score (nSPS) is 11.0. The highest BCUT2D eigenvalue weighted by molar-refractivity contribution is 14.0. The summed E-state index contributed by atoms with van der Waals surface area (Å²) in [4.78, 5) is 4.15. The minimum atomic E-state index is -0.223. The van der Waals surface area contributed by atoms with Gasteiger partial charge in [-0.3, -0.25) is 4.99 Å². The molecule has 0 amide bonds. The molecule has 0 spiro atoms. The number of halogens is 2. The highest BCUT2D eigenvalue weighted by atomic mass is 127. The second-order valence-electron chi connectivity index (χ2n) is 4.79. The van der Waals surface area contributed by atoms with E-state index in [-0.39, 0.29) is 29.8 Å². The first-order chi connectivity index (χ1) is 10.8. The summed E-state index contributed by atoms with van der Waals surface area (Å²) in [6, 6.07) is 6.42. The van der Waals surface area contributed by atoms with Crippen molar-refractivity contribution >= 4 is 29.9 Å². The van der Waals surface area contributed by atoms with Crippen molar-refractivity contribution in [3.05, 3.63) is 35.6 Å². The van der Waals surface area contributed by atoms with Gasteiger partial charge in [0.1, 0.15) is 5.82 Å². The van der Waals surface area contributed by atoms with Crippen LogP contribution in [0.5, 0.6) is 0 Å². The second kappa shape index (κ2) is 14.6. The highest BCUT2D eigenvalue weighted by Gasteiger charge is 1.98. The lowest BCUT2D eigenvalue weighted by atomic mass is 10.2. The van der Waals surface area contributed by atoms with E-state index in [0.717, 1.165) is 37.5 Å². The van der Waals surface area contributed by atoms with Crippen LogP contribution in [0.1, 0.15) is 18.4 Å². The first-order valence-corrected chi connectivity index (χ1v) is 7.52. The van der Waals surface area contributed by atoms with Gasteiger partial charge in [-0.2, -0.15) is 0 Å². The van der Waals surface area contributed by atoms with Crippen LogP contribution in [-0.2, 0) is 16.0 Å². The molecule has 0 aromatic heterocycles. The van der Waals surface area contributed by atoms with Crippen molar-refractivity contribution in [2.75, 3.05) is 40.5 Å². The number of rotatable bonds is 10. The van der Waals surface area contributed by atoms with E-state index in [9.17, 15) is 4.39 Å². The van der Waals surface area contributed by atoms with Crippen molar-refractivity contribution < 1.29 is 13.9 Å². The summed E-state index contributed by atoms with van der Waals surface area (Å²) in [5.74, 6) is 0.517. The van der Waals surface area contributed by atoms with Crippen molar-refractivity contribution in [1.82, 2.24) is 10.6 Å². The predicted octanol–water partition coefficient (Wildman–Crippen LogP) is 2.55. The van der Waals surface area contributed by atoms with E-state index in [1.165, 1.54) is 12.1 Å². The molecule has 0 aliphatic carbocycles. The smallest absolute Gasteiger partial charge is 0.191 e. The summed E-state index contributed by atoms with van der Waals surface area (Å²) >= 11 is 0. The standard InChI is InChI=1S/C16H26FN3O2.HI/c1-18-16(19-9-3-4-10-22-12-11-21-2)20-13-14-5-7-15(17)8-6-14;/h5-8H,3-4,9-13H2,1-2H3,(H2,18,19,20);1H. The minimum Gasteiger partial charge on any atom is -0.382 e. The molecule has 1 aromatic rings. The van der Waals surface area contributed by atoms with Gasteiger partial charge >= 0.3 is 0 Å². The second-order valence-corrected chi connectivity index (χ2v) is 4.79. The van der Waals surface area contributed by atoms with Gasteiger partial charge in [-0.25, -0.2) is 4.39 Å². The van der Waals surface area contributed by atoms with Gasteiger partial charge in [-0.15, -0.1) is 24.0 Å². The van der Waals surface area contributed by atoms with Crippen LogP contribution in [0.2, 0.25) is 0 Å². The fourth-order valence-corrected chi connectivity index (χ4v) is 1.79. The fraction of sp³-hybridized carbons (Fsp3) is 0.562. The van der Waals surface area contributed by atoms with E-state index < -0.39 is 0 Å². The number of ether oxygens (including phenoxy) is 2. The molecule has 0 saturated carbocycles. The molecule has 1 rings (SSSR count). The molecule has 132 valence electrons. The SMILES string of the molecule is CN=C(NCCCCOCCOC)NCc1ccc(F)cc1.I. The molecule has 2 N–H and O–H groups in total. The van der Waals surface area contributed by atoms with Crippen LogP contribution in [0.15, 0.2) is 29.3 Å². The first kappa shape index (κ1) is 22.1. The first-order valence-electron chi connectivity index (χ1n) is 7.52. The fourth-order valence-electron chi connectivity index (χ4n) is 1.79. The van der Waals surface area contributed by atoms with E-state index >= 15 is 0 Å². The molecular formula is C16H27FIN3O2. The number of nitrogens with one attached hydrogen (secondary N) is 2. The number of unbranched alkanes of at least 4 members (excludes halogenated alkanes) is 1. The number of guanidine groups is 1. The number of aliphatic imine (C=N–C) groups is 1. The van der Waals surface area contributed by atoms with Crippen LogP contribution in [0.4, 0.5) is 4.39 Å². The van der Waals surface area contributed by atoms with Crippen molar-refractivity contribution in [1.29, 1.82) is 0 Å². The molecule has 0 radical (unpaired) electrons. The van der Waals surface area contributed by atoms with Crippen molar-refractivity contribution in [2.24, 2.45) is 4.99 Å². The molecule has 0 bridgehead atoms. The Bertz CT molecular complexity index is 430. The number of hydrogen-bond acceptors (Lipinski definition) is 3. The van der Waals surface area contributed by atoms with Gasteiger partial charge in [-0.05, 0) is 30.5 Å². The van der Waals surface area contributed by atoms with Gasteiger partial charge in [-0.1, -0.05) is 12.1 Å². The summed E-state index contributed by atoms with van der Waals surface area (Å²) in [6.07, 6.45) is 2.00. The topological polar surface area (TPSA) is 54.9 Å². The van der Waals surface area contributed by atoms with E-state index in [4.69, 9.17) is 9.47 Å². The summed E-state index contributed by atoms with van der Waals surface area (Å²) in [5.41, 5.74) is 1.01. The van der Waals surface area contributed by atoms with Crippen LogP contribution >= 0.6 is 24.0 Å². The molecule has 0 saturated heterocycles. The van der Waals surface area contributed by atoms with Crippen molar-refractivity contribution in [3.63, 3.8) is 0 Å². The third-order valence-corrected chi connectivity index (χ3v) is 3.04. The Morgan fingerprint density at radius 2 is 1.83 bits per heavy atom. The number of hydrogen-bond donors (Lipinski definition) is 2. The summed E-state index contributed by atoms with van der Waals surface area (Å²) in [5, 5.41) is 6.43. The van der Waals surface area contributed by atoms with Crippen LogP contribution in [0.25, 0.3) is 0 Å². The molecule has 0 aliphatic rings. The van der Waals surface area contributed by atoms with Gasteiger partial charge in [0.2, 0.25) is 0 Å². The maximum Gasteiger partial charge on any atom is 0.191 e. The molecule has 0 unspecified atom stereocenters. The van der Waals surface area contributed by atoms with Crippen LogP contribution in [0, 0.1) is 5.82 Å². The zero-order chi connectivity index (χ0) is 16.0. The zero-order valence-electron chi connectivity index (χ0n) is 13.8. The Balaban J connectivity index is 0.00000484. The van der Waals surface area contributed by atoms with E-state index in [1.54, 1.807) is 26.3 Å². The summed E-state index contributed by atoms with van der Waals surface area (Å²) < 4.78 is 23.1. The number of nitrogens with zero attached hydrogens (tertiary/aromatic N) is 1. The predicted molar refractivity (Wildman–Crippen MR) is 102 cm³/mol. The lowest BCUT2D eigenvalue weighted by molar-refractivity contribution is 0.0689. The number of methoxy groups -OCH3 is 1. The molecule has 5 nitrogen and oxygen atoms in total. The molecule has 1 aromatic carbocycles.